The lowest BCUT2D eigenvalue weighted by Crippen LogP contribution is -2.26. The Morgan fingerprint density at radius 2 is 1.00 bits per heavy atom. The normalized spacial score (nSPS) is 13.8. The highest BCUT2D eigenvalue weighted by molar-refractivity contribution is 7.99. The van der Waals surface area contributed by atoms with Crippen LogP contribution in [0, 0.1) is 0 Å². The van der Waals surface area contributed by atoms with Crippen LogP contribution in [0.3, 0.4) is 0 Å². The van der Waals surface area contributed by atoms with E-state index in [9.17, 15) is 4.79 Å². The molecule has 2 aliphatic rings. The quantitative estimate of drug-likeness (QED) is 0.0404. The molecule has 55 heavy (non-hydrogen) atoms. The van der Waals surface area contributed by atoms with Crippen molar-refractivity contribution in [2.45, 2.75) is 164 Å². The summed E-state index contributed by atoms with van der Waals surface area (Å²) in [5.74, 6) is 0. The first-order chi connectivity index (χ1) is 27.1. The van der Waals surface area contributed by atoms with E-state index in [1.54, 1.807) is 0 Å². The number of hydrogen-bond acceptors (Lipinski definition) is 3. The van der Waals surface area contributed by atoms with Gasteiger partial charge in [-0.25, -0.2) is 0 Å². The van der Waals surface area contributed by atoms with Gasteiger partial charge in [-0.2, -0.15) is 0 Å². The number of carbonyl (C=O) groups excluding carboxylic acids is 1. The van der Waals surface area contributed by atoms with E-state index in [4.69, 9.17) is 0 Å². The number of fused-ring (bicyclic) bond motifs is 5. The third-order valence-corrected chi connectivity index (χ3v) is 13.4. The van der Waals surface area contributed by atoms with Gasteiger partial charge in [0.15, 0.2) is 0 Å². The Balaban J connectivity index is 1.26. The highest BCUT2D eigenvalue weighted by Crippen LogP contribution is 2.55. The van der Waals surface area contributed by atoms with Gasteiger partial charge in [0.05, 0.1) is 11.4 Å². The highest BCUT2D eigenvalue weighted by atomic mass is 32.2. The van der Waals surface area contributed by atoms with Crippen LogP contribution in [-0.4, -0.2) is 12.8 Å². The number of para-hydroxylation sites is 1. The minimum Gasteiger partial charge on any atom is -0.340 e. The van der Waals surface area contributed by atoms with Gasteiger partial charge in [-0.05, 0) is 83.0 Å². The van der Waals surface area contributed by atoms with Gasteiger partial charge in [-0.3, -0.25) is 4.79 Å². The van der Waals surface area contributed by atoms with Crippen molar-refractivity contribution in [2.75, 3.05) is 11.4 Å². The molecular formula is C52H67NOS. The SMILES string of the molecule is CCCCCCCCN1c2ccccc2Sc2cc(/C=C/c3ccc4c(c3)C(CCCCCCCC)(CCCCCCCC)c3cc(C=O)ccc3-4)ccc21. The fourth-order valence-corrected chi connectivity index (χ4v) is 10.4. The fraction of sp³-hybridized carbons (Fsp3) is 0.481. The highest BCUT2D eigenvalue weighted by Gasteiger charge is 2.42. The Labute approximate surface area is 338 Å². The number of nitrogens with zero attached hydrogens (tertiary/aromatic N) is 1. The van der Waals surface area contributed by atoms with Gasteiger partial charge in [0.2, 0.25) is 0 Å². The summed E-state index contributed by atoms with van der Waals surface area (Å²) in [5, 5.41) is 0. The maximum Gasteiger partial charge on any atom is 0.150 e. The minimum absolute atomic E-state index is 0.0433. The predicted octanol–water partition coefficient (Wildman–Crippen LogP) is 16.4. The molecule has 4 aromatic rings. The second-order valence-corrected chi connectivity index (χ2v) is 17.5. The summed E-state index contributed by atoms with van der Waals surface area (Å²) < 4.78 is 0. The van der Waals surface area contributed by atoms with Gasteiger partial charge in [-0.15, -0.1) is 0 Å². The Morgan fingerprint density at radius 3 is 1.62 bits per heavy atom. The monoisotopic (exact) mass is 753 g/mol. The van der Waals surface area contributed by atoms with E-state index in [0.29, 0.717) is 0 Å². The van der Waals surface area contributed by atoms with Crippen LogP contribution >= 0.6 is 11.8 Å². The molecule has 1 aliphatic heterocycles. The third-order valence-electron chi connectivity index (χ3n) is 12.3. The van der Waals surface area contributed by atoms with Gasteiger partial charge in [0.25, 0.3) is 0 Å². The topological polar surface area (TPSA) is 20.3 Å². The largest absolute Gasteiger partial charge is 0.340 e. The van der Waals surface area contributed by atoms with Gasteiger partial charge < -0.3 is 4.90 Å². The van der Waals surface area contributed by atoms with Crippen molar-refractivity contribution < 1.29 is 4.79 Å². The molecule has 6 rings (SSSR count). The first-order valence-corrected chi connectivity index (χ1v) is 23.0. The van der Waals surface area contributed by atoms with Gasteiger partial charge in [-0.1, -0.05) is 202 Å². The lowest BCUT2D eigenvalue weighted by Gasteiger charge is -2.33. The third kappa shape index (κ3) is 10.3. The van der Waals surface area contributed by atoms with Crippen molar-refractivity contribution in [2.24, 2.45) is 0 Å². The Morgan fingerprint density at radius 1 is 0.509 bits per heavy atom. The van der Waals surface area contributed by atoms with E-state index >= 15 is 0 Å². The van der Waals surface area contributed by atoms with Crippen molar-refractivity contribution in [3.8, 4) is 11.1 Å². The molecule has 0 spiro atoms. The summed E-state index contributed by atoms with van der Waals surface area (Å²) in [5.41, 5.74) is 11.5. The molecule has 0 atom stereocenters. The summed E-state index contributed by atoms with van der Waals surface area (Å²) in [6.07, 6.45) is 31.4. The number of rotatable bonds is 24. The molecule has 0 saturated heterocycles. The van der Waals surface area contributed by atoms with Crippen LogP contribution in [0.15, 0.2) is 88.7 Å². The number of benzene rings is 4. The average Bonchev–Trinajstić information content (AvgIpc) is 3.48. The minimum atomic E-state index is -0.0433. The van der Waals surface area contributed by atoms with Crippen LogP contribution in [0.5, 0.6) is 0 Å². The smallest absolute Gasteiger partial charge is 0.150 e. The van der Waals surface area contributed by atoms with Crippen molar-refractivity contribution in [1.82, 2.24) is 0 Å². The van der Waals surface area contributed by atoms with E-state index in [1.165, 1.54) is 170 Å². The molecule has 0 amide bonds. The second-order valence-electron chi connectivity index (χ2n) is 16.4. The number of carbonyl (C=O) groups is 1. The van der Waals surface area contributed by atoms with Crippen molar-refractivity contribution in [3.05, 3.63) is 107 Å². The predicted molar refractivity (Wildman–Crippen MR) is 240 cm³/mol. The zero-order chi connectivity index (χ0) is 38.3. The lowest BCUT2D eigenvalue weighted by atomic mass is 9.70. The zero-order valence-electron chi connectivity index (χ0n) is 34.4. The molecule has 0 radical (unpaired) electrons. The standard InChI is InChI=1S/C52H67NOS/c1-4-7-10-13-16-21-34-52(35-22-17-14-11-8-5-2)46-37-41(28-31-44(46)45-32-29-43(40-54)38-47(45)52)26-27-42-30-33-49-51(39-42)55-50-25-20-19-24-48(50)53(49)36-23-18-15-12-9-6-3/h19-20,24-33,37-40H,4-18,21-23,34-36H2,1-3H3/b27-26+. The molecule has 1 aliphatic carbocycles. The maximum absolute atomic E-state index is 12.1. The molecule has 0 bridgehead atoms. The summed E-state index contributed by atoms with van der Waals surface area (Å²) in [4.78, 5) is 17.4. The molecule has 1 heterocycles. The molecule has 0 fully saturated rings. The summed E-state index contributed by atoms with van der Waals surface area (Å²) in [7, 11) is 0. The first kappa shape index (κ1) is 41.1. The number of anilines is 2. The van der Waals surface area contributed by atoms with Crippen molar-refractivity contribution in [1.29, 1.82) is 0 Å². The average molecular weight is 754 g/mol. The van der Waals surface area contributed by atoms with Gasteiger partial charge in [0.1, 0.15) is 6.29 Å². The molecule has 0 unspecified atom stereocenters. The van der Waals surface area contributed by atoms with Crippen LogP contribution < -0.4 is 4.90 Å². The lowest BCUT2D eigenvalue weighted by molar-refractivity contribution is 0.112. The van der Waals surface area contributed by atoms with Crippen LogP contribution in [0.1, 0.15) is 182 Å². The van der Waals surface area contributed by atoms with E-state index in [1.807, 2.05) is 17.8 Å². The number of aldehydes is 1. The summed E-state index contributed by atoms with van der Waals surface area (Å²) >= 11 is 1.91. The molecule has 0 N–H and O–H groups in total. The van der Waals surface area contributed by atoms with Crippen molar-refractivity contribution in [3.63, 3.8) is 0 Å². The Kier molecular flexibility index (Phi) is 15.8. The number of unbranched alkanes of at least 4 members (excludes halogenated alkanes) is 15. The van der Waals surface area contributed by atoms with Gasteiger partial charge >= 0.3 is 0 Å². The molecule has 4 aromatic carbocycles. The number of hydrogen-bond donors (Lipinski definition) is 0. The second kappa shape index (κ2) is 21.1. The molecule has 0 aromatic heterocycles. The Hall–Kier alpha value is -3.56. The summed E-state index contributed by atoms with van der Waals surface area (Å²) in [6, 6.07) is 29.7. The van der Waals surface area contributed by atoms with Crippen molar-refractivity contribution >= 4 is 41.6 Å². The van der Waals surface area contributed by atoms with E-state index < -0.39 is 0 Å². The van der Waals surface area contributed by atoms with Crippen LogP contribution in [0.4, 0.5) is 11.4 Å². The van der Waals surface area contributed by atoms with E-state index in [0.717, 1.165) is 31.2 Å². The fourth-order valence-electron chi connectivity index (χ4n) is 9.22. The summed E-state index contributed by atoms with van der Waals surface area (Å²) in [6.45, 7) is 7.96. The maximum atomic E-state index is 12.1. The molecule has 0 saturated carbocycles. The molecule has 292 valence electrons. The molecular weight excluding hydrogens is 687 g/mol. The van der Waals surface area contributed by atoms with Crippen LogP contribution in [-0.2, 0) is 5.41 Å². The first-order valence-electron chi connectivity index (χ1n) is 22.2. The van der Waals surface area contributed by atoms with Gasteiger partial charge in [0, 0.05) is 27.3 Å². The zero-order valence-corrected chi connectivity index (χ0v) is 35.2. The molecule has 2 nitrogen and oxygen atoms in total. The van der Waals surface area contributed by atoms with E-state index in [-0.39, 0.29) is 5.41 Å². The van der Waals surface area contributed by atoms with E-state index in [2.05, 4.69) is 111 Å². The van der Waals surface area contributed by atoms with Crippen LogP contribution in [0.25, 0.3) is 23.3 Å². The molecule has 3 heteroatoms. The Bertz CT molecular complexity index is 1840. The van der Waals surface area contributed by atoms with Crippen LogP contribution in [0.2, 0.25) is 0 Å².